The highest BCUT2D eigenvalue weighted by atomic mass is 19.1. The van der Waals surface area contributed by atoms with Crippen molar-refractivity contribution < 1.29 is 13.5 Å². The van der Waals surface area contributed by atoms with Gasteiger partial charge in [0.2, 0.25) is 0 Å². The Labute approximate surface area is 122 Å². The highest BCUT2D eigenvalue weighted by Crippen LogP contribution is 2.31. The van der Waals surface area contributed by atoms with E-state index in [4.69, 9.17) is 4.74 Å². The number of rotatable bonds is 2. The molecule has 2 nitrogen and oxygen atoms in total. The number of benzene rings is 2. The van der Waals surface area contributed by atoms with Gasteiger partial charge >= 0.3 is 0 Å². The van der Waals surface area contributed by atoms with Crippen molar-refractivity contribution in [3.05, 3.63) is 71.3 Å². The van der Waals surface area contributed by atoms with E-state index in [0.29, 0.717) is 13.2 Å². The molecular weight excluding hydrogens is 272 g/mol. The smallest absolute Gasteiger partial charge is 0.129 e. The van der Waals surface area contributed by atoms with Crippen LogP contribution in [-0.2, 0) is 10.3 Å². The molecule has 2 unspecified atom stereocenters. The van der Waals surface area contributed by atoms with Crippen molar-refractivity contribution in [2.75, 3.05) is 13.2 Å². The van der Waals surface area contributed by atoms with Crippen LogP contribution in [0.1, 0.15) is 24.2 Å². The average Bonchev–Trinajstić information content (AvgIpc) is 2.52. The SMILES string of the molecule is CC1(c2ccccc2)COC(c2cc(F)ccc2F)CN1. The predicted molar refractivity (Wildman–Crippen MR) is 76.8 cm³/mol. The predicted octanol–water partition coefficient (Wildman–Crippen LogP) is 3.54. The normalized spacial score (nSPS) is 25.8. The molecule has 1 N–H and O–H groups in total. The van der Waals surface area contributed by atoms with E-state index in [2.05, 4.69) is 5.32 Å². The zero-order valence-electron chi connectivity index (χ0n) is 11.8. The van der Waals surface area contributed by atoms with Crippen molar-refractivity contribution in [2.24, 2.45) is 0 Å². The topological polar surface area (TPSA) is 21.3 Å². The lowest BCUT2D eigenvalue weighted by Gasteiger charge is -2.39. The summed E-state index contributed by atoms with van der Waals surface area (Å²) in [5.74, 6) is -0.891. The van der Waals surface area contributed by atoms with E-state index in [1.165, 1.54) is 6.07 Å². The third-order valence-corrected chi connectivity index (χ3v) is 3.97. The van der Waals surface area contributed by atoms with Gasteiger partial charge in [0.15, 0.2) is 0 Å². The van der Waals surface area contributed by atoms with Crippen molar-refractivity contribution >= 4 is 0 Å². The number of hydrogen-bond donors (Lipinski definition) is 1. The minimum atomic E-state index is -0.475. The molecule has 3 rings (SSSR count). The molecule has 1 saturated heterocycles. The number of morpholine rings is 1. The maximum atomic E-state index is 13.8. The van der Waals surface area contributed by atoms with Crippen molar-refractivity contribution in [1.29, 1.82) is 0 Å². The van der Waals surface area contributed by atoms with Crippen LogP contribution in [0.3, 0.4) is 0 Å². The number of halogens is 2. The second kappa shape index (κ2) is 5.54. The molecule has 0 amide bonds. The van der Waals surface area contributed by atoms with Crippen LogP contribution in [0.25, 0.3) is 0 Å². The van der Waals surface area contributed by atoms with E-state index in [-0.39, 0.29) is 11.1 Å². The molecule has 2 aromatic rings. The van der Waals surface area contributed by atoms with Gasteiger partial charge in [0.1, 0.15) is 11.6 Å². The van der Waals surface area contributed by atoms with Gasteiger partial charge in [-0.05, 0) is 30.7 Å². The van der Waals surface area contributed by atoms with E-state index < -0.39 is 17.7 Å². The number of nitrogens with one attached hydrogen (secondary N) is 1. The highest BCUT2D eigenvalue weighted by molar-refractivity contribution is 5.26. The molecule has 1 aliphatic rings. The fourth-order valence-corrected chi connectivity index (χ4v) is 2.65. The third-order valence-electron chi connectivity index (χ3n) is 3.97. The first kappa shape index (κ1) is 14.2. The maximum absolute atomic E-state index is 13.8. The molecule has 0 radical (unpaired) electrons. The minimum Gasteiger partial charge on any atom is -0.370 e. The van der Waals surface area contributed by atoms with E-state index in [1.54, 1.807) is 0 Å². The Kier molecular flexibility index (Phi) is 3.74. The maximum Gasteiger partial charge on any atom is 0.129 e. The first-order valence-electron chi connectivity index (χ1n) is 6.96. The number of hydrogen-bond acceptors (Lipinski definition) is 2. The Morgan fingerprint density at radius 2 is 1.90 bits per heavy atom. The largest absolute Gasteiger partial charge is 0.370 e. The van der Waals surface area contributed by atoms with Gasteiger partial charge in [-0.1, -0.05) is 30.3 Å². The van der Waals surface area contributed by atoms with E-state index in [9.17, 15) is 8.78 Å². The zero-order valence-corrected chi connectivity index (χ0v) is 11.8. The van der Waals surface area contributed by atoms with Gasteiger partial charge in [0.25, 0.3) is 0 Å². The quantitative estimate of drug-likeness (QED) is 0.913. The van der Waals surface area contributed by atoms with Crippen LogP contribution < -0.4 is 5.32 Å². The van der Waals surface area contributed by atoms with E-state index in [1.807, 2.05) is 37.3 Å². The third kappa shape index (κ3) is 2.82. The van der Waals surface area contributed by atoms with Gasteiger partial charge in [0.05, 0.1) is 18.2 Å². The molecule has 0 aromatic heterocycles. The van der Waals surface area contributed by atoms with Crippen LogP contribution in [0.15, 0.2) is 48.5 Å². The van der Waals surface area contributed by atoms with Gasteiger partial charge in [-0.25, -0.2) is 8.78 Å². The summed E-state index contributed by atoms with van der Waals surface area (Å²) < 4.78 is 32.9. The van der Waals surface area contributed by atoms with Gasteiger partial charge in [0, 0.05) is 12.1 Å². The number of ether oxygens (including phenoxy) is 1. The summed E-state index contributed by atoms with van der Waals surface area (Å²) in [6.07, 6.45) is -0.475. The second-order valence-corrected chi connectivity index (χ2v) is 5.54. The Balaban J connectivity index is 1.77. The van der Waals surface area contributed by atoms with Crippen LogP contribution in [0.5, 0.6) is 0 Å². The van der Waals surface area contributed by atoms with Crippen LogP contribution in [0.4, 0.5) is 8.78 Å². The summed E-state index contributed by atoms with van der Waals surface area (Å²) in [5.41, 5.74) is 1.06. The van der Waals surface area contributed by atoms with Crippen LogP contribution in [-0.4, -0.2) is 13.2 Å². The summed E-state index contributed by atoms with van der Waals surface area (Å²) in [6.45, 7) is 2.88. The van der Waals surface area contributed by atoms with Gasteiger partial charge < -0.3 is 10.1 Å². The molecule has 2 atom stereocenters. The Morgan fingerprint density at radius 3 is 2.57 bits per heavy atom. The molecule has 0 spiro atoms. The molecule has 2 aromatic carbocycles. The van der Waals surface area contributed by atoms with Gasteiger partial charge in [-0.3, -0.25) is 0 Å². The molecule has 1 fully saturated rings. The highest BCUT2D eigenvalue weighted by Gasteiger charge is 2.34. The Hall–Kier alpha value is -1.78. The average molecular weight is 289 g/mol. The lowest BCUT2D eigenvalue weighted by Crippen LogP contribution is -2.50. The first-order chi connectivity index (χ1) is 10.1. The van der Waals surface area contributed by atoms with Gasteiger partial charge in [-0.2, -0.15) is 0 Å². The van der Waals surface area contributed by atoms with Crippen molar-refractivity contribution in [2.45, 2.75) is 18.6 Å². The molecule has 0 saturated carbocycles. The molecule has 1 heterocycles. The summed E-state index contributed by atoms with van der Waals surface area (Å²) in [5, 5.41) is 3.39. The standard InChI is InChI=1S/C17H17F2NO/c1-17(12-5-3-2-4-6-12)11-21-16(10-20-17)14-9-13(18)7-8-15(14)19/h2-9,16,20H,10-11H2,1H3. The van der Waals surface area contributed by atoms with Crippen LogP contribution >= 0.6 is 0 Å². The van der Waals surface area contributed by atoms with E-state index in [0.717, 1.165) is 17.7 Å². The molecule has 1 aliphatic heterocycles. The molecule has 0 aliphatic carbocycles. The van der Waals surface area contributed by atoms with Crippen LogP contribution in [0, 0.1) is 11.6 Å². The summed E-state index contributed by atoms with van der Waals surface area (Å²) >= 11 is 0. The lowest BCUT2D eigenvalue weighted by atomic mass is 9.90. The molecule has 0 bridgehead atoms. The lowest BCUT2D eigenvalue weighted by molar-refractivity contribution is -0.0324. The summed E-state index contributed by atoms with van der Waals surface area (Å²) in [7, 11) is 0. The fourth-order valence-electron chi connectivity index (χ4n) is 2.65. The van der Waals surface area contributed by atoms with Crippen molar-refractivity contribution in [3.8, 4) is 0 Å². The summed E-state index contributed by atoms with van der Waals surface area (Å²) in [4.78, 5) is 0. The fraction of sp³-hybridized carbons (Fsp3) is 0.294. The van der Waals surface area contributed by atoms with Crippen LogP contribution in [0.2, 0.25) is 0 Å². The van der Waals surface area contributed by atoms with E-state index >= 15 is 0 Å². The minimum absolute atomic E-state index is 0.262. The zero-order chi connectivity index (χ0) is 14.9. The molecule has 21 heavy (non-hydrogen) atoms. The van der Waals surface area contributed by atoms with Gasteiger partial charge in [-0.15, -0.1) is 0 Å². The van der Waals surface area contributed by atoms with Crippen molar-refractivity contribution in [1.82, 2.24) is 5.32 Å². The molecule has 110 valence electrons. The monoisotopic (exact) mass is 289 g/mol. The molecule has 4 heteroatoms. The Bertz CT molecular complexity index is 622. The summed E-state index contributed by atoms with van der Waals surface area (Å²) in [6, 6.07) is 13.4. The Morgan fingerprint density at radius 1 is 1.14 bits per heavy atom. The van der Waals surface area contributed by atoms with Crippen molar-refractivity contribution in [3.63, 3.8) is 0 Å². The second-order valence-electron chi connectivity index (χ2n) is 5.54. The molecular formula is C17H17F2NO. The first-order valence-corrected chi connectivity index (χ1v) is 6.96.